The second-order valence-electron chi connectivity index (χ2n) is 9.23. The van der Waals surface area contributed by atoms with Gasteiger partial charge in [0.05, 0.1) is 18.5 Å². The first kappa shape index (κ1) is 22.3. The molecule has 3 heterocycles. The lowest BCUT2D eigenvalue weighted by Gasteiger charge is -2.44. The molecule has 0 radical (unpaired) electrons. The molecule has 8 nitrogen and oxygen atoms in total. The Balaban J connectivity index is 2.01. The fourth-order valence-corrected chi connectivity index (χ4v) is 4.46. The largest absolute Gasteiger partial charge is 0.444 e. The van der Waals surface area contributed by atoms with Crippen molar-refractivity contribution in [2.75, 3.05) is 6.54 Å². The van der Waals surface area contributed by atoms with E-state index < -0.39 is 5.60 Å². The second kappa shape index (κ2) is 8.41. The highest BCUT2D eigenvalue weighted by Gasteiger charge is 2.39. The summed E-state index contributed by atoms with van der Waals surface area (Å²) < 4.78 is 8.87. The molecule has 1 saturated heterocycles. The van der Waals surface area contributed by atoms with Gasteiger partial charge in [-0.05, 0) is 45.4 Å². The minimum atomic E-state index is -0.539. The highest BCUT2D eigenvalue weighted by molar-refractivity contribution is 5.69. The first-order valence-electron chi connectivity index (χ1n) is 10.8. The highest BCUT2D eigenvalue weighted by Crippen LogP contribution is 2.40. The van der Waals surface area contributed by atoms with Crippen LogP contribution in [-0.4, -0.2) is 48.5 Å². The lowest BCUT2D eigenvalue weighted by molar-refractivity contribution is -0.00127. The third-order valence-electron chi connectivity index (χ3n) is 6.07. The van der Waals surface area contributed by atoms with Crippen molar-refractivity contribution in [3.05, 3.63) is 33.9 Å². The summed E-state index contributed by atoms with van der Waals surface area (Å²) in [5, 5.41) is 9.55. The van der Waals surface area contributed by atoms with Crippen molar-refractivity contribution >= 4 is 11.7 Å². The van der Waals surface area contributed by atoms with Gasteiger partial charge in [0.2, 0.25) is 0 Å². The minimum Gasteiger partial charge on any atom is -0.444 e. The van der Waals surface area contributed by atoms with Crippen LogP contribution >= 0.6 is 0 Å². The third kappa shape index (κ3) is 4.24. The van der Waals surface area contributed by atoms with Gasteiger partial charge in [-0.15, -0.1) is 0 Å². The van der Waals surface area contributed by atoms with Crippen LogP contribution in [0, 0.1) is 5.92 Å². The zero-order chi connectivity index (χ0) is 22.2. The normalized spacial score (nSPS) is 22.5. The number of fused-ring (bicyclic) bond motifs is 1. The van der Waals surface area contributed by atoms with Crippen LogP contribution in [-0.2, 0) is 18.4 Å². The average molecular weight is 419 g/mol. The monoisotopic (exact) mass is 418 g/mol. The molecule has 1 amide bonds. The second-order valence-corrected chi connectivity index (χ2v) is 9.23. The number of aliphatic hydroxyl groups excluding tert-OH is 1. The van der Waals surface area contributed by atoms with Crippen molar-refractivity contribution in [2.24, 2.45) is 13.0 Å². The molecule has 0 saturated carbocycles. The Hall–Kier alpha value is -2.35. The Kier molecular flexibility index (Phi) is 6.26. The summed E-state index contributed by atoms with van der Waals surface area (Å²) in [6.45, 7) is 10.2. The van der Waals surface area contributed by atoms with E-state index in [1.165, 1.54) is 4.68 Å². The van der Waals surface area contributed by atoms with Gasteiger partial charge in [-0.2, -0.15) is 0 Å². The first-order valence-corrected chi connectivity index (χ1v) is 10.8. The van der Waals surface area contributed by atoms with E-state index in [1.54, 1.807) is 23.8 Å². The molecule has 1 unspecified atom stereocenters. The van der Waals surface area contributed by atoms with Gasteiger partial charge >= 0.3 is 6.09 Å². The van der Waals surface area contributed by atoms with E-state index in [2.05, 4.69) is 18.8 Å². The van der Waals surface area contributed by atoms with Crippen molar-refractivity contribution in [1.29, 1.82) is 0 Å². The maximum absolute atomic E-state index is 12.8. The summed E-state index contributed by atoms with van der Waals surface area (Å²) in [6.07, 6.45) is 3.86. The standard InChI is InChI=1S/C22H34N4O4/c1-7-14-11-25(21(29)30-22(3,4)5)16(8-2)9-17(14)18-10-19(28)24(6)26-12-15(13-27)23-20(18)26/h10,12,14,16-17,27H,7-9,11,13H2,1-6H3/t14-,16-,17?/m1/s1. The Morgan fingerprint density at radius 3 is 2.57 bits per heavy atom. The number of rotatable bonds is 4. The number of amides is 1. The molecule has 2 aromatic heterocycles. The number of aliphatic hydroxyl groups is 1. The van der Waals surface area contributed by atoms with Crippen LogP contribution in [0.2, 0.25) is 0 Å². The number of piperidine rings is 1. The third-order valence-corrected chi connectivity index (χ3v) is 6.07. The number of hydrogen-bond donors (Lipinski definition) is 1. The van der Waals surface area contributed by atoms with Gasteiger partial charge in [-0.1, -0.05) is 20.3 Å². The lowest BCUT2D eigenvalue weighted by Crippen LogP contribution is -2.51. The molecule has 3 atom stereocenters. The summed E-state index contributed by atoms with van der Waals surface area (Å²) in [7, 11) is 1.69. The molecule has 1 aliphatic rings. The molecule has 0 aromatic carbocycles. The molecule has 1 N–H and O–H groups in total. The predicted octanol–water partition coefficient (Wildman–Crippen LogP) is 3.05. The number of carbonyl (C=O) groups is 1. The van der Waals surface area contributed by atoms with E-state index in [0.29, 0.717) is 17.9 Å². The maximum Gasteiger partial charge on any atom is 0.410 e. The van der Waals surface area contributed by atoms with E-state index in [-0.39, 0.29) is 36.1 Å². The molecule has 2 aromatic rings. The topological polar surface area (TPSA) is 89.1 Å². The van der Waals surface area contributed by atoms with Crippen LogP contribution in [0.3, 0.4) is 0 Å². The molecule has 0 spiro atoms. The number of aryl methyl sites for hydroxylation is 1. The quantitative estimate of drug-likeness (QED) is 0.824. The van der Waals surface area contributed by atoms with Gasteiger partial charge in [0.25, 0.3) is 5.56 Å². The van der Waals surface area contributed by atoms with Crippen LogP contribution in [0.15, 0.2) is 17.1 Å². The van der Waals surface area contributed by atoms with E-state index in [9.17, 15) is 14.7 Å². The summed E-state index contributed by atoms with van der Waals surface area (Å²) in [5.41, 5.74) is 1.47. The van der Waals surface area contributed by atoms with E-state index in [0.717, 1.165) is 24.8 Å². The molecule has 0 bridgehead atoms. The van der Waals surface area contributed by atoms with Crippen LogP contribution in [0.4, 0.5) is 4.79 Å². The number of ether oxygens (including phenoxy) is 1. The summed E-state index contributed by atoms with van der Waals surface area (Å²) in [5.74, 6) is 0.287. The van der Waals surface area contributed by atoms with Crippen LogP contribution < -0.4 is 5.56 Å². The van der Waals surface area contributed by atoms with Gasteiger partial charge in [0, 0.05) is 31.3 Å². The maximum atomic E-state index is 12.8. The van der Waals surface area contributed by atoms with Crippen molar-refractivity contribution in [3.63, 3.8) is 0 Å². The van der Waals surface area contributed by atoms with Crippen LogP contribution in [0.1, 0.15) is 71.1 Å². The van der Waals surface area contributed by atoms with Crippen molar-refractivity contribution < 1.29 is 14.6 Å². The van der Waals surface area contributed by atoms with Gasteiger partial charge in [-0.3, -0.25) is 4.79 Å². The Labute approximate surface area is 177 Å². The summed E-state index contributed by atoms with van der Waals surface area (Å²) in [4.78, 5) is 31.9. The van der Waals surface area contributed by atoms with Gasteiger partial charge in [0.15, 0.2) is 5.65 Å². The fourth-order valence-electron chi connectivity index (χ4n) is 4.46. The molecular weight excluding hydrogens is 384 g/mol. The van der Waals surface area contributed by atoms with Gasteiger partial charge < -0.3 is 14.7 Å². The first-order chi connectivity index (χ1) is 14.1. The predicted molar refractivity (Wildman–Crippen MR) is 115 cm³/mol. The number of carbonyl (C=O) groups excluding carboxylic acids is 1. The number of hydrogen-bond acceptors (Lipinski definition) is 5. The minimum absolute atomic E-state index is 0.0315. The average Bonchev–Trinajstić information content (AvgIpc) is 3.13. The fraction of sp³-hybridized carbons (Fsp3) is 0.682. The van der Waals surface area contributed by atoms with Gasteiger partial charge in [-0.25, -0.2) is 19.0 Å². The molecule has 0 aliphatic carbocycles. The zero-order valence-corrected chi connectivity index (χ0v) is 18.9. The molecule has 8 heteroatoms. The van der Waals surface area contributed by atoms with Crippen molar-refractivity contribution in [1.82, 2.24) is 19.1 Å². The lowest BCUT2D eigenvalue weighted by atomic mass is 9.76. The smallest absolute Gasteiger partial charge is 0.410 e. The Morgan fingerprint density at radius 2 is 2.00 bits per heavy atom. The summed E-state index contributed by atoms with van der Waals surface area (Å²) in [6, 6.07) is 1.70. The molecule has 1 aliphatic heterocycles. The molecule has 30 heavy (non-hydrogen) atoms. The number of aromatic nitrogens is 3. The molecule has 166 valence electrons. The number of imidazole rings is 1. The van der Waals surface area contributed by atoms with E-state index in [1.807, 2.05) is 25.7 Å². The van der Waals surface area contributed by atoms with E-state index >= 15 is 0 Å². The van der Waals surface area contributed by atoms with Crippen molar-refractivity contribution in [3.8, 4) is 0 Å². The Bertz CT molecular complexity index is 972. The molecular formula is C22H34N4O4. The zero-order valence-electron chi connectivity index (χ0n) is 18.9. The highest BCUT2D eigenvalue weighted by atomic mass is 16.6. The van der Waals surface area contributed by atoms with Crippen LogP contribution in [0.5, 0.6) is 0 Å². The van der Waals surface area contributed by atoms with Gasteiger partial charge in [0.1, 0.15) is 5.60 Å². The number of likely N-dealkylation sites (tertiary alicyclic amines) is 1. The molecule has 1 fully saturated rings. The Morgan fingerprint density at radius 1 is 1.30 bits per heavy atom. The molecule has 3 rings (SSSR count). The van der Waals surface area contributed by atoms with Crippen molar-refractivity contribution in [2.45, 2.75) is 78.0 Å². The summed E-state index contributed by atoms with van der Waals surface area (Å²) >= 11 is 0. The van der Waals surface area contributed by atoms with E-state index in [4.69, 9.17) is 4.74 Å². The number of nitrogens with zero attached hydrogens (tertiary/aromatic N) is 4. The SMILES string of the molecule is CC[C@@H]1CN(C(=O)OC(C)(C)C)[C@H](CC)CC1c1cc(=O)n(C)n2cc(CO)nc12. The van der Waals surface area contributed by atoms with Crippen LogP contribution in [0.25, 0.3) is 5.65 Å².